The van der Waals surface area contributed by atoms with Crippen LogP contribution in [0.15, 0.2) is 66.4 Å². The van der Waals surface area contributed by atoms with Gasteiger partial charge in [-0.25, -0.2) is 9.37 Å². The number of aromatic hydroxyl groups is 1. The predicted octanol–water partition coefficient (Wildman–Crippen LogP) is 4.33. The standard InChI is InChI=1S/C25H23FN4O2/c1-25-9-7-21(28-25)24(26)17(14-25)11-18-4-6-20(30-29-18)19-5-3-15(12-22(19)31)16-8-10-27-23(13-16)32-2/h3-13,21,24,28,31H,14H2,1-2H3/b17-11+/t21-,24+,25+/m0/s1. The minimum Gasteiger partial charge on any atom is -0.507 e. The van der Waals surface area contributed by atoms with Gasteiger partial charge in [0.25, 0.3) is 0 Å². The van der Waals surface area contributed by atoms with Crippen LogP contribution >= 0.6 is 0 Å². The summed E-state index contributed by atoms with van der Waals surface area (Å²) in [5.41, 5.74) is 3.92. The number of rotatable bonds is 4. The van der Waals surface area contributed by atoms with Crippen molar-refractivity contribution in [3.8, 4) is 34.0 Å². The monoisotopic (exact) mass is 430 g/mol. The van der Waals surface area contributed by atoms with Crippen LogP contribution in [0.2, 0.25) is 0 Å². The Hall–Kier alpha value is -3.58. The Kier molecular flexibility index (Phi) is 4.98. The maximum atomic E-state index is 14.7. The maximum Gasteiger partial charge on any atom is 0.213 e. The third-order valence-electron chi connectivity index (χ3n) is 5.98. The normalized spacial score (nSPS) is 25.3. The van der Waals surface area contributed by atoms with Crippen molar-refractivity contribution in [2.24, 2.45) is 0 Å². The smallest absolute Gasteiger partial charge is 0.213 e. The summed E-state index contributed by atoms with van der Waals surface area (Å²) in [4.78, 5) is 4.10. The number of fused-ring (bicyclic) bond motifs is 2. The van der Waals surface area contributed by atoms with E-state index in [0.29, 0.717) is 34.8 Å². The van der Waals surface area contributed by atoms with E-state index in [9.17, 15) is 9.50 Å². The number of pyridine rings is 1. The molecule has 2 N–H and O–H groups in total. The summed E-state index contributed by atoms with van der Waals surface area (Å²) < 4.78 is 19.9. The Morgan fingerprint density at radius 1 is 1.16 bits per heavy atom. The van der Waals surface area contributed by atoms with Crippen molar-refractivity contribution in [1.82, 2.24) is 20.5 Å². The highest BCUT2D eigenvalue weighted by Gasteiger charge is 2.41. The van der Waals surface area contributed by atoms with Gasteiger partial charge in [0.2, 0.25) is 5.88 Å². The molecule has 0 aliphatic carbocycles. The molecule has 0 radical (unpaired) electrons. The summed E-state index contributed by atoms with van der Waals surface area (Å²) >= 11 is 0. The molecule has 5 rings (SSSR count). The quantitative estimate of drug-likeness (QED) is 0.600. The van der Waals surface area contributed by atoms with E-state index in [-0.39, 0.29) is 17.3 Å². The van der Waals surface area contributed by atoms with Crippen molar-refractivity contribution in [3.63, 3.8) is 0 Å². The molecule has 3 aromatic rings. The van der Waals surface area contributed by atoms with E-state index in [1.807, 2.05) is 24.3 Å². The number of nitrogens with zero attached hydrogens (tertiary/aromatic N) is 3. The number of ether oxygens (including phenoxy) is 1. The van der Waals surface area contributed by atoms with E-state index in [0.717, 1.165) is 11.1 Å². The third-order valence-corrected chi connectivity index (χ3v) is 5.98. The Bertz CT molecular complexity index is 1220. The Morgan fingerprint density at radius 3 is 2.75 bits per heavy atom. The average molecular weight is 430 g/mol. The molecule has 0 unspecified atom stereocenters. The van der Waals surface area contributed by atoms with Crippen LogP contribution in [0.4, 0.5) is 4.39 Å². The molecule has 0 saturated carbocycles. The van der Waals surface area contributed by atoms with Gasteiger partial charge < -0.3 is 9.84 Å². The third kappa shape index (κ3) is 3.76. The van der Waals surface area contributed by atoms with Crippen molar-refractivity contribution in [2.75, 3.05) is 7.11 Å². The number of hydrogen-bond donors (Lipinski definition) is 2. The van der Waals surface area contributed by atoms with E-state index in [4.69, 9.17) is 4.74 Å². The number of hydrogen-bond acceptors (Lipinski definition) is 6. The first kappa shape index (κ1) is 20.3. The van der Waals surface area contributed by atoms with Crippen molar-refractivity contribution >= 4 is 6.08 Å². The zero-order chi connectivity index (χ0) is 22.3. The van der Waals surface area contributed by atoms with Gasteiger partial charge in [0.15, 0.2) is 0 Å². The second kappa shape index (κ2) is 7.84. The van der Waals surface area contributed by atoms with Crippen LogP contribution in [-0.2, 0) is 0 Å². The van der Waals surface area contributed by atoms with Crippen molar-refractivity contribution in [2.45, 2.75) is 31.1 Å². The Balaban J connectivity index is 1.38. The lowest BCUT2D eigenvalue weighted by Crippen LogP contribution is -2.51. The molecule has 0 amide bonds. The average Bonchev–Trinajstić information content (AvgIpc) is 3.15. The Labute approximate surface area is 185 Å². The van der Waals surface area contributed by atoms with Crippen molar-refractivity contribution in [1.29, 1.82) is 0 Å². The molecular weight excluding hydrogens is 407 g/mol. The van der Waals surface area contributed by atoms with Gasteiger partial charge in [-0.05, 0) is 66.5 Å². The molecule has 32 heavy (non-hydrogen) atoms. The van der Waals surface area contributed by atoms with E-state index in [1.54, 1.807) is 49.7 Å². The summed E-state index contributed by atoms with van der Waals surface area (Å²) in [6, 6.07) is 12.3. The molecule has 2 aliphatic rings. The Morgan fingerprint density at radius 2 is 2.00 bits per heavy atom. The van der Waals surface area contributed by atoms with Crippen LogP contribution < -0.4 is 10.1 Å². The number of phenols is 1. The molecule has 2 bridgehead atoms. The lowest BCUT2D eigenvalue weighted by atomic mass is 9.87. The minimum atomic E-state index is -1.08. The van der Waals surface area contributed by atoms with Gasteiger partial charge in [-0.3, -0.25) is 5.32 Å². The first-order chi connectivity index (χ1) is 15.4. The molecule has 1 fully saturated rings. The van der Waals surface area contributed by atoms with E-state index >= 15 is 0 Å². The van der Waals surface area contributed by atoms with Gasteiger partial charge in [-0.1, -0.05) is 18.2 Å². The fourth-order valence-corrected chi connectivity index (χ4v) is 4.34. The van der Waals surface area contributed by atoms with Gasteiger partial charge >= 0.3 is 0 Å². The number of alkyl halides is 1. The number of benzene rings is 1. The minimum absolute atomic E-state index is 0.0939. The molecule has 2 aliphatic heterocycles. The molecule has 1 aromatic carbocycles. The highest BCUT2D eigenvalue weighted by Crippen LogP contribution is 2.36. The second-order valence-electron chi connectivity index (χ2n) is 8.41. The van der Waals surface area contributed by atoms with Crippen LogP contribution in [0.3, 0.4) is 0 Å². The molecular formula is C25H23FN4O2. The predicted molar refractivity (Wildman–Crippen MR) is 121 cm³/mol. The number of aromatic nitrogens is 3. The number of methoxy groups -OCH3 is 1. The molecule has 1 saturated heterocycles. The fourth-order valence-electron chi connectivity index (χ4n) is 4.34. The first-order valence-corrected chi connectivity index (χ1v) is 10.4. The lowest BCUT2D eigenvalue weighted by molar-refractivity contribution is 0.248. The van der Waals surface area contributed by atoms with E-state index < -0.39 is 6.17 Å². The largest absolute Gasteiger partial charge is 0.507 e. The number of piperidine rings is 1. The molecule has 7 heteroatoms. The molecule has 6 nitrogen and oxygen atoms in total. The summed E-state index contributed by atoms with van der Waals surface area (Å²) in [7, 11) is 1.56. The van der Waals surface area contributed by atoms with Gasteiger partial charge in [0.05, 0.1) is 24.5 Å². The van der Waals surface area contributed by atoms with Crippen LogP contribution in [0.1, 0.15) is 19.0 Å². The van der Waals surface area contributed by atoms with Crippen LogP contribution in [0.25, 0.3) is 28.5 Å². The lowest BCUT2D eigenvalue weighted by Gasteiger charge is -2.35. The molecule has 2 aromatic heterocycles. The molecule has 4 heterocycles. The van der Waals surface area contributed by atoms with Crippen LogP contribution in [0, 0.1) is 0 Å². The van der Waals surface area contributed by atoms with Gasteiger partial charge in [0.1, 0.15) is 11.9 Å². The van der Waals surface area contributed by atoms with Gasteiger partial charge in [-0.15, -0.1) is 5.10 Å². The number of nitrogens with one attached hydrogen (secondary N) is 1. The maximum absolute atomic E-state index is 14.7. The molecule has 162 valence electrons. The number of halogens is 1. The summed E-state index contributed by atoms with van der Waals surface area (Å²) in [5.74, 6) is 0.597. The van der Waals surface area contributed by atoms with E-state index in [1.165, 1.54) is 0 Å². The van der Waals surface area contributed by atoms with Crippen LogP contribution in [-0.4, -0.2) is 45.2 Å². The summed E-state index contributed by atoms with van der Waals surface area (Å²) in [6.07, 6.45) is 6.88. The van der Waals surface area contributed by atoms with Crippen LogP contribution in [0.5, 0.6) is 11.6 Å². The van der Waals surface area contributed by atoms with Gasteiger partial charge in [-0.2, -0.15) is 5.10 Å². The summed E-state index contributed by atoms with van der Waals surface area (Å²) in [5, 5.41) is 22.4. The fraction of sp³-hybridized carbons (Fsp3) is 0.240. The topological polar surface area (TPSA) is 80.2 Å². The first-order valence-electron chi connectivity index (χ1n) is 10.4. The SMILES string of the molecule is COc1cc(-c2ccc(-c3ccc(/C=C4\C[C@@]5(C)C=C[C@H](N5)[C@@H]4F)nn3)c(O)c2)ccn1. The molecule has 0 spiro atoms. The van der Waals surface area contributed by atoms with Gasteiger partial charge in [0, 0.05) is 23.4 Å². The highest BCUT2D eigenvalue weighted by molar-refractivity contribution is 5.74. The second-order valence-corrected chi connectivity index (χ2v) is 8.41. The summed E-state index contributed by atoms with van der Waals surface area (Å²) in [6.45, 7) is 2.06. The zero-order valence-corrected chi connectivity index (χ0v) is 17.8. The zero-order valence-electron chi connectivity index (χ0n) is 17.8. The highest BCUT2D eigenvalue weighted by atomic mass is 19.1. The van der Waals surface area contributed by atoms with E-state index in [2.05, 4.69) is 27.4 Å². The van der Waals surface area contributed by atoms with Crippen molar-refractivity contribution in [3.05, 3.63) is 72.1 Å². The molecule has 3 atom stereocenters. The number of phenolic OH excluding ortho intramolecular Hbond substituents is 1. The van der Waals surface area contributed by atoms with Crippen molar-refractivity contribution < 1.29 is 14.2 Å².